The number of allylic oxidation sites excluding steroid dienone is 3. The van der Waals surface area contributed by atoms with Crippen LogP contribution in [0.2, 0.25) is 0 Å². The van der Waals surface area contributed by atoms with Crippen LogP contribution < -0.4 is 4.90 Å². The highest BCUT2D eigenvalue weighted by molar-refractivity contribution is 5.77. The number of hydrogen-bond acceptors (Lipinski definition) is 6. The highest BCUT2D eigenvalue weighted by atomic mass is 15.2. The zero-order valence-corrected chi connectivity index (χ0v) is 18.6. The normalized spacial score (nSPS) is 11.9. The molecular weight excluding hydrogens is 398 g/mol. The molecule has 0 unspecified atom stereocenters. The Labute approximate surface area is 189 Å². The highest BCUT2D eigenvalue weighted by Crippen LogP contribution is 2.25. The summed E-state index contributed by atoms with van der Waals surface area (Å²) in [5.41, 5.74) is 3.03. The van der Waals surface area contributed by atoms with Gasteiger partial charge in [0.25, 0.3) is 0 Å². The third-order valence-electron chi connectivity index (χ3n) is 5.48. The van der Waals surface area contributed by atoms with Gasteiger partial charge < -0.3 is 4.90 Å². The molecule has 0 saturated heterocycles. The summed E-state index contributed by atoms with van der Waals surface area (Å²) >= 11 is 0. The zero-order valence-electron chi connectivity index (χ0n) is 18.6. The summed E-state index contributed by atoms with van der Waals surface area (Å²) in [6.07, 6.45) is 13.7. The van der Waals surface area contributed by atoms with Gasteiger partial charge in [-0.1, -0.05) is 25.7 Å². The summed E-state index contributed by atoms with van der Waals surface area (Å²) in [5.74, 6) is 1.45. The number of anilines is 1. The van der Waals surface area contributed by atoms with Crippen molar-refractivity contribution in [2.75, 3.05) is 11.9 Å². The predicted octanol–water partition coefficient (Wildman–Crippen LogP) is 5.07. The van der Waals surface area contributed by atoms with Crippen LogP contribution in [0, 0.1) is 22.7 Å². The largest absolute Gasteiger partial charge is 0.357 e. The van der Waals surface area contributed by atoms with Crippen molar-refractivity contribution in [2.45, 2.75) is 45.1 Å². The lowest BCUT2D eigenvalue weighted by molar-refractivity contribution is 0.541. The monoisotopic (exact) mass is 425 g/mol. The maximum atomic E-state index is 9.22. The van der Waals surface area contributed by atoms with E-state index in [1.807, 2.05) is 12.1 Å². The van der Waals surface area contributed by atoms with Gasteiger partial charge in [0.1, 0.15) is 5.82 Å². The summed E-state index contributed by atoms with van der Waals surface area (Å²) in [5, 5.41) is 22.3. The van der Waals surface area contributed by atoms with E-state index < -0.39 is 0 Å². The Kier molecular flexibility index (Phi) is 7.72. The van der Waals surface area contributed by atoms with Gasteiger partial charge in [-0.05, 0) is 49.5 Å². The number of nitriles is 2. The van der Waals surface area contributed by atoms with Gasteiger partial charge in [-0.2, -0.15) is 15.6 Å². The Morgan fingerprint density at radius 3 is 2.94 bits per heavy atom. The van der Waals surface area contributed by atoms with Crippen molar-refractivity contribution in [1.29, 1.82) is 10.5 Å². The second-order valence-corrected chi connectivity index (χ2v) is 7.65. The van der Waals surface area contributed by atoms with Gasteiger partial charge in [0.15, 0.2) is 5.82 Å². The Bertz CT molecular complexity index is 1190. The highest BCUT2D eigenvalue weighted by Gasteiger charge is 2.16. The van der Waals surface area contributed by atoms with Crippen molar-refractivity contribution in [3.05, 3.63) is 66.7 Å². The van der Waals surface area contributed by atoms with Gasteiger partial charge in [-0.25, -0.2) is 14.5 Å². The molecule has 0 bridgehead atoms. The van der Waals surface area contributed by atoms with E-state index in [-0.39, 0.29) is 0 Å². The molecule has 3 aromatic rings. The van der Waals surface area contributed by atoms with Crippen LogP contribution in [0.25, 0.3) is 16.9 Å². The second-order valence-electron chi connectivity index (χ2n) is 7.65. The first-order valence-electron chi connectivity index (χ1n) is 10.7. The fourth-order valence-electron chi connectivity index (χ4n) is 3.64. The molecule has 162 valence electrons. The first-order valence-corrected chi connectivity index (χ1v) is 10.7. The second kappa shape index (κ2) is 10.9. The number of pyridine rings is 1. The van der Waals surface area contributed by atoms with Crippen molar-refractivity contribution in [1.82, 2.24) is 19.6 Å². The first kappa shape index (κ1) is 22.7. The molecule has 0 spiro atoms. The molecule has 7 nitrogen and oxygen atoms in total. The first-order chi connectivity index (χ1) is 15.6. The van der Waals surface area contributed by atoms with Gasteiger partial charge in [-0.3, -0.25) is 0 Å². The van der Waals surface area contributed by atoms with Gasteiger partial charge in [0, 0.05) is 25.5 Å². The molecule has 3 rings (SSSR count). The van der Waals surface area contributed by atoms with Gasteiger partial charge in [-0.15, -0.1) is 0 Å². The smallest absolute Gasteiger partial charge is 0.165 e. The average molecular weight is 426 g/mol. The minimum Gasteiger partial charge on any atom is -0.357 e. The molecule has 0 aliphatic rings. The van der Waals surface area contributed by atoms with Gasteiger partial charge >= 0.3 is 0 Å². The van der Waals surface area contributed by atoms with Crippen LogP contribution in [-0.2, 0) is 0 Å². The molecule has 0 fully saturated rings. The Balaban J connectivity index is 1.72. The molecule has 0 radical (unpaired) electrons. The lowest BCUT2D eigenvalue weighted by Gasteiger charge is -2.28. The molecular formula is C25H27N7. The van der Waals surface area contributed by atoms with Crippen molar-refractivity contribution in [3.8, 4) is 23.5 Å². The van der Waals surface area contributed by atoms with Crippen LogP contribution in [0.1, 0.15) is 44.6 Å². The molecule has 3 heterocycles. The number of fused-ring (bicyclic) bond motifs is 1. The molecule has 7 heteroatoms. The molecule has 0 aliphatic carbocycles. The van der Waals surface area contributed by atoms with Gasteiger partial charge in [0.2, 0.25) is 0 Å². The van der Waals surface area contributed by atoms with Crippen LogP contribution in [0.15, 0.2) is 61.1 Å². The molecule has 0 N–H and O–H groups in total. The third-order valence-corrected chi connectivity index (χ3v) is 5.48. The minimum absolute atomic E-state index is 0.350. The number of aromatic nitrogens is 4. The lowest BCUT2D eigenvalue weighted by Crippen LogP contribution is -2.31. The summed E-state index contributed by atoms with van der Waals surface area (Å²) in [6, 6.07) is 10.1. The van der Waals surface area contributed by atoms with E-state index in [2.05, 4.69) is 53.7 Å². The van der Waals surface area contributed by atoms with Crippen molar-refractivity contribution >= 4 is 11.3 Å². The maximum absolute atomic E-state index is 9.22. The molecule has 0 saturated carbocycles. The van der Waals surface area contributed by atoms with Crippen molar-refractivity contribution in [2.24, 2.45) is 0 Å². The standard InChI is InChI=1S/C25H27N7/c1-4-21(9-7-5-6-8-19(2)10-13-26)31(3)24-11-14-28-25(30-24)22-18-29-32-15-12-20(17-27)16-23(22)32/h6,8,11-12,14-16,18,21H,2,4-5,7,9-10H2,1,3H3/b8-6-/t21-/m0/s1. The number of rotatable bonds is 10. The van der Waals surface area contributed by atoms with Crippen LogP contribution >= 0.6 is 0 Å². The van der Waals surface area contributed by atoms with Crippen LogP contribution in [0.4, 0.5) is 5.82 Å². The average Bonchev–Trinajstić information content (AvgIpc) is 3.24. The maximum Gasteiger partial charge on any atom is 0.165 e. The third kappa shape index (κ3) is 5.39. The quantitative estimate of drug-likeness (QED) is 0.332. The SMILES string of the molecule is C=C(/C=C\CCC[C@H](CC)N(C)c1ccnc(-c2cnn3ccc(C#N)cc23)n1)CC#N. The predicted molar refractivity (Wildman–Crippen MR) is 126 cm³/mol. The fourth-order valence-corrected chi connectivity index (χ4v) is 3.64. The van der Waals surface area contributed by atoms with Crippen molar-refractivity contribution < 1.29 is 0 Å². The summed E-state index contributed by atoms with van der Waals surface area (Å²) < 4.78 is 1.73. The lowest BCUT2D eigenvalue weighted by atomic mass is 10.1. The van der Waals surface area contributed by atoms with Gasteiger partial charge in [0.05, 0.1) is 41.4 Å². The molecule has 3 aromatic heterocycles. The summed E-state index contributed by atoms with van der Waals surface area (Å²) in [4.78, 5) is 11.5. The van der Waals surface area contributed by atoms with E-state index in [9.17, 15) is 5.26 Å². The van der Waals surface area contributed by atoms with E-state index in [0.717, 1.165) is 48.2 Å². The van der Waals surface area contributed by atoms with Crippen molar-refractivity contribution in [3.63, 3.8) is 0 Å². The zero-order chi connectivity index (χ0) is 22.9. The van der Waals surface area contributed by atoms with E-state index in [1.165, 1.54) is 0 Å². The number of hydrogen-bond donors (Lipinski definition) is 0. The topological polar surface area (TPSA) is 93.9 Å². The van der Waals surface area contributed by atoms with Crippen LogP contribution in [-0.4, -0.2) is 32.7 Å². The summed E-state index contributed by atoms with van der Waals surface area (Å²) in [6.45, 7) is 6.05. The van der Waals surface area contributed by atoms with E-state index in [0.29, 0.717) is 23.9 Å². The number of nitrogens with zero attached hydrogens (tertiary/aromatic N) is 7. The Morgan fingerprint density at radius 1 is 1.34 bits per heavy atom. The Hall–Kier alpha value is -3.97. The van der Waals surface area contributed by atoms with E-state index in [1.54, 1.807) is 35.2 Å². The van der Waals surface area contributed by atoms with Crippen LogP contribution in [0.5, 0.6) is 0 Å². The van der Waals surface area contributed by atoms with Crippen LogP contribution in [0.3, 0.4) is 0 Å². The molecule has 1 atom stereocenters. The minimum atomic E-state index is 0.350. The molecule has 32 heavy (non-hydrogen) atoms. The number of unbranched alkanes of at least 4 members (excludes halogenated alkanes) is 1. The van der Waals surface area contributed by atoms with E-state index in [4.69, 9.17) is 10.2 Å². The molecule has 0 aromatic carbocycles. The molecule has 0 aliphatic heterocycles. The van der Waals surface area contributed by atoms with E-state index >= 15 is 0 Å². The Morgan fingerprint density at radius 2 is 2.19 bits per heavy atom. The fraction of sp³-hybridized carbons (Fsp3) is 0.320. The summed E-state index contributed by atoms with van der Waals surface area (Å²) in [7, 11) is 2.06. The molecule has 0 amide bonds.